The molecule has 0 saturated carbocycles. The van der Waals surface area contributed by atoms with Gasteiger partial charge < -0.3 is 14.5 Å². The number of nitrogens with one attached hydrogen (secondary N) is 1. The summed E-state index contributed by atoms with van der Waals surface area (Å²) in [7, 11) is 0. The summed E-state index contributed by atoms with van der Waals surface area (Å²) in [5.41, 5.74) is 3.71. The van der Waals surface area contributed by atoms with Crippen LogP contribution in [0.2, 0.25) is 0 Å². The Morgan fingerprint density at radius 2 is 1.42 bits per heavy atom. The Kier molecular flexibility index (Phi) is 5.01. The molecule has 0 radical (unpaired) electrons. The molecule has 0 aliphatic heterocycles. The van der Waals surface area contributed by atoms with Crippen LogP contribution in [-0.2, 0) is 13.2 Å². The molecule has 0 amide bonds. The van der Waals surface area contributed by atoms with E-state index in [9.17, 15) is 0 Å². The fourth-order valence-corrected chi connectivity index (χ4v) is 3.09. The van der Waals surface area contributed by atoms with Gasteiger partial charge in [0.25, 0.3) is 0 Å². The van der Waals surface area contributed by atoms with Gasteiger partial charge in [-0.2, -0.15) is 9.97 Å². The second kappa shape index (κ2) is 7.74. The van der Waals surface area contributed by atoms with Gasteiger partial charge in [0, 0.05) is 6.20 Å². The molecule has 0 fully saturated rings. The Bertz CT molecular complexity index is 1000. The quantitative estimate of drug-likeness (QED) is 0.426. The van der Waals surface area contributed by atoms with Crippen LogP contribution in [0.4, 0.5) is 0 Å². The molecule has 4 aromatic rings. The summed E-state index contributed by atoms with van der Waals surface area (Å²) in [4.78, 5) is 12.1. The maximum absolute atomic E-state index is 5.95. The highest BCUT2D eigenvalue weighted by Gasteiger charge is 2.14. The third-order valence-electron chi connectivity index (χ3n) is 3.85. The molecular formula is C20H16IN3O2. The van der Waals surface area contributed by atoms with Crippen LogP contribution >= 0.6 is 22.6 Å². The molecule has 0 atom stereocenters. The second-order valence-electron chi connectivity index (χ2n) is 5.72. The minimum atomic E-state index is 0.307. The average Bonchev–Trinajstić information content (AvgIpc) is 3.07. The van der Waals surface area contributed by atoms with E-state index in [4.69, 9.17) is 9.47 Å². The van der Waals surface area contributed by atoms with Gasteiger partial charge in [0.2, 0.25) is 5.88 Å². The topological polar surface area (TPSA) is 60.0 Å². The number of H-pyrrole nitrogens is 1. The number of hydrogen-bond acceptors (Lipinski definition) is 4. The first-order valence-corrected chi connectivity index (χ1v) is 9.25. The zero-order chi connectivity index (χ0) is 17.8. The molecule has 0 spiro atoms. The van der Waals surface area contributed by atoms with Gasteiger partial charge in [-0.05, 0) is 33.7 Å². The van der Waals surface area contributed by atoms with Crippen molar-refractivity contribution in [1.82, 2.24) is 15.0 Å². The number of halogens is 1. The molecule has 1 N–H and O–H groups in total. The molecule has 130 valence electrons. The number of hydrogen-bond donors (Lipinski definition) is 1. The van der Waals surface area contributed by atoms with Crippen molar-refractivity contribution in [2.45, 2.75) is 13.2 Å². The minimum absolute atomic E-state index is 0.307. The van der Waals surface area contributed by atoms with E-state index in [0.29, 0.717) is 25.1 Å². The van der Waals surface area contributed by atoms with E-state index in [1.165, 1.54) is 0 Å². The average molecular weight is 457 g/mol. The fraction of sp³-hybridized carbons (Fsp3) is 0.100. The van der Waals surface area contributed by atoms with Crippen molar-refractivity contribution in [1.29, 1.82) is 0 Å². The van der Waals surface area contributed by atoms with Gasteiger partial charge in [0.15, 0.2) is 0 Å². The van der Waals surface area contributed by atoms with Crippen molar-refractivity contribution < 1.29 is 9.47 Å². The first kappa shape index (κ1) is 16.8. The number of rotatable bonds is 6. The normalized spacial score (nSPS) is 10.8. The first-order chi connectivity index (χ1) is 12.8. The van der Waals surface area contributed by atoms with E-state index >= 15 is 0 Å². The van der Waals surface area contributed by atoms with Crippen LogP contribution in [0.5, 0.6) is 11.9 Å². The lowest BCUT2D eigenvalue weighted by Crippen LogP contribution is -2.03. The maximum atomic E-state index is 5.95. The molecule has 0 saturated heterocycles. The van der Waals surface area contributed by atoms with Crippen LogP contribution < -0.4 is 9.47 Å². The van der Waals surface area contributed by atoms with Crippen LogP contribution in [0, 0.1) is 3.57 Å². The van der Waals surface area contributed by atoms with E-state index < -0.39 is 0 Å². The Morgan fingerprint density at radius 3 is 2.08 bits per heavy atom. The molecule has 2 heterocycles. The Morgan fingerprint density at radius 1 is 0.808 bits per heavy atom. The van der Waals surface area contributed by atoms with E-state index in [0.717, 1.165) is 25.7 Å². The molecular weight excluding hydrogens is 441 g/mol. The number of aromatic amines is 1. The van der Waals surface area contributed by atoms with E-state index in [-0.39, 0.29) is 0 Å². The highest BCUT2D eigenvalue weighted by Crippen LogP contribution is 2.28. The minimum Gasteiger partial charge on any atom is -0.471 e. The van der Waals surface area contributed by atoms with Gasteiger partial charge >= 0.3 is 6.01 Å². The Labute approximate surface area is 164 Å². The summed E-state index contributed by atoms with van der Waals surface area (Å²) in [6, 6.07) is 20.2. The van der Waals surface area contributed by atoms with Crippen LogP contribution in [0.3, 0.4) is 0 Å². The van der Waals surface area contributed by atoms with Crippen LogP contribution in [0.15, 0.2) is 66.9 Å². The number of ether oxygens (including phenoxy) is 2. The summed E-state index contributed by atoms with van der Waals surface area (Å²) >= 11 is 2.23. The second-order valence-corrected chi connectivity index (χ2v) is 6.88. The zero-order valence-electron chi connectivity index (χ0n) is 13.9. The standard InChI is InChI=1S/C20H16IN3O2/c21-16-11-22-18-17(16)23-20(26-13-15-9-5-2-6-10-15)24-19(18)25-12-14-7-3-1-4-8-14/h1-11,22H,12-13H2. The molecule has 26 heavy (non-hydrogen) atoms. The molecule has 0 unspecified atom stereocenters. The van der Waals surface area contributed by atoms with E-state index in [2.05, 4.69) is 37.5 Å². The van der Waals surface area contributed by atoms with E-state index in [1.807, 2.05) is 66.9 Å². The summed E-state index contributed by atoms with van der Waals surface area (Å²) < 4.78 is 12.7. The molecule has 0 bridgehead atoms. The lowest BCUT2D eigenvalue weighted by Gasteiger charge is -2.09. The smallest absolute Gasteiger partial charge is 0.320 e. The predicted octanol–water partition coefficient (Wildman–Crippen LogP) is 4.72. The molecule has 5 nitrogen and oxygen atoms in total. The largest absolute Gasteiger partial charge is 0.471 e. The zero-order valence-corrected chi connectivity index (χ0v) is 16.0. The SMILES string of the molecule is Ic1c[nH]c2c(OCc3ccccc3)nc(OCc3ccccc3)nc12. The van der Waals surface area contributed by atoms with Crippen molar-refractivity contribution in [3.8, 4) is 11.9 Å². The van der Waals surface area contributed by atoms with Crippen molar-refractivity contribution in [3.05, 3.63) is 81.6 Å². The van der Waals surface area contributed by atoms with Gasteiger partial charge in [-0.3, -0.25) is 0 Å². The van der Waals surface area contributed by atoms with Gasteiger partial charge in [-0.1, -0.05) is 60.7 Å². The monoisotopic (exact) mass is 457 g/mol. The van der Waals surface area contributed by atoms with Gasteiger partial charge in [-0.25, -0.2) is 0 Å². The van der Waals surface area contributed by atoms with Crippen molar-refractivity contribution >= 4 is 33.6 Å². The Hall–Kier alpha value is -2.61. The molecule has 4 rings (SSSR count). The summed E-state index contributed by atoms with van der Waals surface area (Å²) in [5, 5.41) is 0. The molecule has 0 aliphatic rings. The molecule has 2 aromatic heterocycles. The highest BCUT2D eigenvalue weighted by molar-refractivity contribution is 14.1. The number of nitrogens with zero attached hydrogens (tertiary/aromatic N) is 2. The maximum Gasteiger partial charge on any atom is 0.320 e. The van der Waals surface area contributed by atoms with Crippen LogP contribution in [0.25, 0.3) is 11.0 Å². The van der Waals surface area contributed by atoms with E-state index in [1.54, 1.807) is 0 Å². The summed E-state index contributed by atoms with van der Waals surface area (Å²) in [6.07, 6.45) is 1.89. The third kappa shape index (κ3) is 3.80. The molecule has 6 heteroatoms. The van der Waals surface area contributed by atoms with Crippen LogP contribution in [-0.4, -0.2) is 15.0 Å². The number of fused-ring (bicyclic) bond motifs is 1. The van der Waals surface area contributed by atoms with Gasteiger partial charge in [0.05, 0.1) is 3.57 Å². The molecule has 0 aliphatic carbocycles. The summed E-state index contributed by atoms with van der Waals surface area (Å²) in [6.45, 7) is 0.839. The number of aromatic nitrogens is 3. The lowest BCUT2D eigenvalue weighted by atomic mass is 10.2. The Balaban J connectivity index is 1.59. The van der Waals surface area contributed by atoms with Crippen LogP contribution in [0.1, 0.15) is 11.1 Å². The highest BCUT2D eigenvalue weighted by atomic mass is 127. The van der Waals surface area contributed by atoms with Crippen molar-refractivity contribution in [2.24, 2.45) is 0 Å². The van der Waals surface area contributed by atoms with Crippen molar-refractivity contribution in [3.63, 3.8) is 0 Å². The third-order valence-corrected chi connectivity index (χ3v) is 4.68. The fourth-order valence-electron chi connectivity index (χ4n) is 2.54. The molecule has 2 aromatic carbocycles. The van der Waals surface area contributed by atoms with Gasteiger partial charge in [0.1, 0.15) is 24.2 Å². The lowest BCUT2D eigenvalue weighted by molar-refractivity contribution is 0.261. The predicted molar refractivity (Wildman–Crippen MR) is 108 cm³/mol. The van der Waals surface area contributed by atoms with Crippen molar-refractivity contribution in [2.75, 3.05) is 0 Å². The summed E-state index contributed by atoms with van der Waals surface area (Å²) in [5.74, 6) is 0.491. The first-order valence-electron chi connectivity index (χ1n) is 8.17. The van der Waals surface area contributed by atoms with Gasteiger partial charge in [-0.15, -0.1) is 0 Å². The number of benzene rings is 2.